The van der Waals surface area contributed by atoms with Crippen molar-refractivity contribution in [2.24, 2.45) is 5.41 Å². The molecule has 84 valence electrons. The molecular weight excluding hydrogens is 274 g/mol. The predicted molar refractivity (Wildman–Crippen MR) is 67.1 cm³/mol. The van der Waals surface area contributed by atoms with Crippen molar-refractivity contribution in [3.63, 3.8) is 0 Å². The lowest BCUT2D eigenvalue weighted by Crippen LogP contribution is -2.28. The third-order valence-corrected chi connectivity index (χ3v) is 4.63. The van der Waals surface area contributed by atoms with Gasteiger partial charge in [0, 0.05) is 39.8 Å². The second kappa shape index (κ2) is 4.53. The molecule has 1 aromatic heterocycles. The van der Waals surface area contributed by atoms with Crippen LogP contribution in [0.5, 0.6) is 0 Å². The zero-order valence-corrected chi connectivity index (χ0v) is 11.3. The Morgan fingerprint density at radius 3 is 2.80 bits per heavy atom. The molecule has 2 nitrogen and oxygen atoms in total. The lowest BCUT2D eigenvalue weighted by atomic mass is 10.1. The summed E-state index contributed by atoms with van der Waals surface area (Å²) >= 11 is 5.24. The fraction of sp³-hybridized carbons (Fsp3) is 0.636. The SMILES string of the molecule is CN(Cc1cc(Br)cs1)CC1(CO)CC1. The molecule has 1 aliphatic rings. The Hall–Kier alpha value is 0.1000. The van der Waals surface area contributed by atoms with Crippen LogP contribution >= 0.6 is 27.3 Å². The molecule has 0 amide bonds. The highest BCUT2D eigenvalue weighted by Gasteiger charge is 2.42. The van der Waals surface area contributed by atoms with Crippen LogP contribution in [0.1, 0.15) is 17.7 Å². The summed E-state index contributed by atoms with van der Waals surface area (Å²) in [6, 6.07) is 2.17. The molecule has 0 radical (unpaired) electrons. The van der Waals surface area contributed by atoms with Crippen molar-refractivity contribution in [1.82, 2.24) is 4.90 Å². The van der Waals surface area contributed by atoms with Crippen LogP contribution in [0.15, 0.2) is 15.9 Å². The molecule has 1 fully saturated rings. The molecular formula is C11H16BrNOS. The van der Waals surface area contributed by atoms with Gasteiger partial charge >= 0.3 is 0 Å². The first kappa shape index (κ1) is 11.6. The van der Waals surface area contributed by atoms with E-state index in [0.29, 0.717) is 6.61 Å². The molecule has 0 saturated heterocycles. The van der Waals surface area contributed by atoms with Crippen molar-refractivity contribution in [2.75, 3.05) is 20.2 Å². The minimum Gasteiger partial charge on any atom is -0.396 e. The maximum absolute atomic E-state index is 9.24. The summed E-state index contributed by atoms with van der Waals surface area (Å²) in [5, 5.41) is 11.4. The zero-order chi connectivity index (χ0) is 10.9. The molecule has 0 spiro atoms. The molecule has 1 saturated carbocycles. The molecule has 1 aromatic rings. The number of hydrogen-bond acceptors (Lipinski definition) is 3. The van der Waals surface area contributed by atoms with Crippen molar-refractivity contribution in [1.29, 1.82) is 0 Å². The second-order valence-electron chi connectivity index (χ2n) is 4.56. The third-order valence-electron chi connectivity index (χ3n) is 2.95. The Labute approximate surface area is 103 Å². The fourth-order valence-electron chi connectivity index (χ4n) is 1.87. The molecule has 4 heteroatoms. The van der Waals surface area contributed by atoms with E-state index < -0.39 is 0 Å². The molecule has 0 bridgehead atoms. The van der Waals surface area contributed by atoms with E-state index in [0.717, 1.165) is 13.1 Å². The molecule has 1 aliphatic carbocycles. The Kier molecular flexibility index (Phi) is 3.50. The lowest BCUT2D eigenvalue weighted by Gasteiger charge is -2.21. The van der Waals surface area contributed by atoms with Crippen LogP contribution in [0.2, 0.25) is 0 Å². The first-order valence-corrected chi connectivity index (χ1v) is 6.83. The van der Waals surface area contributed by atoms with E-state index >= 15 is 0 Å². The van der Waals surface area contributed by atoms with E-state index in [-0.39, 0.29) is 5.41 Å². The van der Waals surface area contributed by atoms with Crippen LogP contribution in [0.25, 0.3) is 0 Å². The highest BCUT2D eigenvalue weighted by Crippen LogP contribution is 2.45. The van der Waals surface area contributed by atoms with Gasteiger partial charge in [-0.25, -0.2) is 0 Å². The number of rotatable bonds is 5. The summed E-state index contributed by atoms with van der Waals surface area (Å²) in [6.45, 7) is 2.34. The molecule has 0 aromatic carbocycles. The van der Waals surface area contributed by atoms with E-state index in [2.05, 4.69) is 39.3 Å². The van der Waals surface area contributed by atoms with Gasteiger partial charge in [-0.05, 0) is 41.9 Å². The van der Waals surface area contributed by atoms with Crippen LogP contribution in [0.4, 0.5) is 0 Å². The van der Waals surface area contributed by atoms with Crippen molar-refractivity contribution >= 4 is 27.3 Å². The molecule has 0 unspecified atom stereocenters. The largest absolute Gasteiger partial charge is 0.396 e. The minimum atomic E-state index is 0.225. The van der Waals surface area contributed by atoms with Gasteiger partial charge < -0.3 is 10.0 Å². The Balaban J connectivity index is 1.84. The van der Waals surface area contributed by atoms with Gasteiger partial charge in [-0.2, -0.15) is 0 Å². The number of aliphatic hydroxyl groups excluding tert-OH is 1. The quantitative estimate of drug-likeness (QED) is 0.901. The van der Waals surface area contributed by atoms with E-state index in [9.17, 15) is 5.11 Å². The summed E-state index contributed by atoms with van der Waals surface area (Å²) in [6.07, 6.45) is 2.37. The van der Waals surface area contributed by atoms with Crippen molar-refractivity contribution in [3.05, 3.63) is 20.8 Å². The van der Waals surface area contributed by atoms with Crippen molar-refractivity contribution in [3.8, 4) is 0 Å². The van der Waals surface area contributed by atoms with Gasteiger partial charge in [-0.1, -0.05) is 0 Å². The summed E-state index contributed by atoms with van der Waals surface area (Å²) in [5.41, 5.74) is 0.225. The van der Waals surface area contributed by atoms with Gasteiger partial charge in [0.05, 0.1) is 0 Å². The van der Waals surface area contributed by atoms with Gasteiger partial charge in [0.15, 0.2) is 0 Å². The highest BCUT2D eigenvalue weighted by atomic mass is 79.9. The Bertz CT molecular complexity index is 335. The van der Waals surface area contributed by atoms with Gasteiger partial charge in [0.2, 0.25) is 0 Å². The van der Waals surface area contributed by atoms with E-state index in [1.54, 1.807) is 11.3 Å². The van der Waals surface area contributed by atoms with Crippen LogP contribution in [-0.4, -0.2) is 30.2 Å². The molecule has 0 aliphatic heterocycles. The number of thiophene rings is 1. The summed E-state index contributed by atoms with van der Waals surface area (Å²) in [5.74, 6) is 0. The minimum absolute atomic E-state index is 0.225. The van der Waals surface area contributed by atoms with Crippen molar-refractivity contribution in [2.45, 2.75) is 19.4 Å². The molecule has 0 atom stereocenters. The zero-order valence-electron chi connectivity index (χ0n) is 8.87. The van der Waals surface area contributed by atoms with Crippen molar-refractivity contribution < 1.29 is 5.11 Å². The normalized spacial score (nSPS) is 18.4. The van der Waals surface area contributed by atoms with Gasteiger partial charge in [-0.15, -0.1) is 11.3 Å². The monoisotopic (exact) mass is 289 g/mol. The average molecular weight is 290 g/mol. The van der Waals surface area contributed by atoms with Crippen LogP contribution in [-0.2, 0) is 6.54 Å². The molecule has 2 rings (SSSR count). The first-order chi connectivity index (χ1) is 7.13. The predicted octanol–water partition coefficient (Wildman–Crippen LogP) is 2.71. The number of hydrogen-bond donors (Lipinski definition) is 1. The van der Waals surface area contributed by atoms with Crippen LogP contribution in [0.3, 0.4) is 0 Å². The number of nitrogens with zero attached hydrogens (tertiary/aromatic N) is 1. The van der Waals surface area contributed by atoms with Gasteiger partial charge in [0.1, 0.15) is 0 Å². The second-order valence-corrected chi connectivity index (χ2v) is 6.47. The molecule has 15 heavy (non-hydrogen) atoms. The molecule has 1 N–H and O–H groups in total. The smallest absolute Gasteiger partial charge is 0.0499 e. The number of aliphatic hydroxyl groups is 1. The highest BCUT2D eigenvalue weighted by molar-refractivity contribution is 9.10. The average Bonchev–Trinajstić information content (AvgIpc) is 2.84. The van der Waals surface area contributed by atoms with E-state index in [4.69, 9.17) is 0 Å². The maximum atomic E-state index is 9.24. The Morgan fingerprint density at radius 1 is 1.60 bits per heavy atom. The lowest BCUT2D eigenvalue weighted by molar-refractivity contribution is 0.161. The summed E-state index contributed by atoms with van der Waals surface area (Å²) in [4.78, 5) is 3.68. The number of halogens is 1. The van der Waals surface area contributed by atoms with E-state index in [1.807, 2.05) is 0 Å². The summed E-state index contributed by atoms with van der Waals surface area (Å²) in [7, 11) is 2.13. The third kappa shape index (κ3) is 3.03. The van der Waals surface area contributed by atoms with E-state index in [1.165, 1.54) is 22.2 Å². The first-order valence-electron chi connectivity index (χ1n) is 5.16. The Morgan fingerprint density at radius 2 is 2.33 bits per heavy atom. The summed E-state index contributed by atoms with van der Waals surface area (Å²) < 4.78 is 1.17. The standard InChI is InChI=1S/C11H16BrNOS/c1-13(7-11(8-14)2-3-11)5-10-4-9(12)6-15-10/h4,6,14H,2-3,5,7-8H2,1H3. The van der Waals surface area contributed by atoms with Crippen LogP contribution < -0.4 is 0 Å². The maximum Gasteiger partial charge on any atom is 0.0499 e. The van der Waals surface area contributed by atoms with Crippen LogP contribution in [0, 0.1) is 5.41 Å². The molecule has 1 heterocycles. The fourth-order valence-corrected chi connectivity index (χ4v) is 3.40. The topological polar surface area (TPSA) is 23.5 Å². The van der Waals surface area contributed by atoms with Gasteiger partial charge in [0.25, 0.3) is 0 Å². The van der Waals surface area contributed by atoms with Gasteiger partial charge in [-0.3, -0.25) is 0 Å².